The molecule has 13 nitrogen and oxygen atoms in total. The predicted octanol–water partition coefficient (Wildman–Crippen LogP) is -2.31. The minimum absolute atomic E-state index is 0.0693. The number of carbonyl (C=O) groups is 3. The Bertz CT molecular complexity index is 616. The summed E-state index contributed by atoms with van der Waals surface area (Å²) in [5.41, 5.74) is 0. The van der Waals surface area contributed by atoms with Crippen LogP contribution in [0.1, 0.15) is 0 Å². The number of carbonyl (C=O) groups excluding carboxylic acids is 2. The van der Waals surface area contributed by atoms with Crippen LogP contribution in [0.15, 0.2) is 5.16 Å². The summed E-state index contributed by atoms with van der Waals surface area (Å²) in [5, 5.41) is 41.5. The van der Waals surface area contributed by atoms with Crippen molar-refractivity contribution in [1.82, 2.24) is 9.80 Å². The van der Waals surface area contributed by atoms with Gasteiger partial charge in [-0.15, -0.1) is 11.8 Å². The Hall–Kier alpha value is -1.97. The minimum Gasteiger partial charge on any atom is -0.479 e. The van der Waals surface area contributed by atoms with Gasteiger partial charge in [-0.3, -0.25) is 14.5 Å². The summed E-state index contributed by atoms with van der Waals surface area (Å²) in [6.45, 7) is -0.540. The van der Waals surface area contributed by atoms with Crippen molar-refractivity contribution in [2.24, 2.45) is 5.16 Å². The molecule has 1 heterocycles. The third kappa shape index (κ3) is 6.02. The Morgan fingerprint density at radius 2 is 1.71 bits per heavy atom. The number of ether oxygens (including phenoxy) is 2. The smallest absolute Gasteiger partial charge is 0.437 e. The van der Waals surface area contributed by atoms with E-state index < -0.39 is 55.4 Å². The van der Waals surface area contributed by atoms with Crippen LogP contribution in [0.4, 0.5) is 4.79 Å². The van der Waals surface area contributed by atoms with Gasteiger partial charge in [0, 0.05) is 21.1 Å². The number of carboxylic acids is 1. The molecule has 5 unspecified atom stereocenters. The van der Waals surface area contributed by atoms with Crippen molar-refractivity contribution in [3.63, 3.8) is 0 Å². The second-order valence-corrected chi connectivity index (χ2v) is 6.68. The van der Waals surface area contributed by atoms with Crippen LogP contribution < -0.4 is 0 Å². The average Bonchev–Trinajstić information content (AvgIpc) is 2.64. The van der Waals surface area contributed by atoms with Gasteiger partial charge in [0.25, 0.3) is 5.91 Å². The van der Waals surface area contributed by atoms with Crippen molar-refractivity contribution < 1.29 is 49.1 Å². The fraction of sp³-hybridized carbons (Fsp3) is 0.714. The maximum atomic E-state index is 11.9. The molecule has 0 aliphatic carbocycles. The molecule has 1 aliphatic heterocycles. The van der Waals surface area contributed by atoms with Crippen LogP contribution in [0, 0.1) is 0 Å². The van der Waals surface area contributed by atoms with E-state index in [1.165, 1.54) is 26.0 Å². The number of carboxylic acid groups (broad SMARTS) is 1. The molecule has 0 aromatic rings. The number of aliphatic carboxylic acids is 1. The van der Waals surface area contributed by atoms with Crippen LogP contribution >= 0.6 is 11.8 Å². The highest BCUT2D eigenvalue weighted by Gasteiger charge is 2.47. The van der Waals surface area contributed by atoms with Gasteiger partial charge in [0.2, 0.25) is 5.04 Å². The van der Waals surface area contributed by atoms with Gasteiger partial charge in [-0.05, 0) is 6.26 Å². The van der Waals surface area contributed by atoms with Gasteiger partial charge in [-0.25, -0.2) is 9.59 Å². The lowest BCUT2D eigenvalue weighted by Crippen LogP contribution is -2.60. The summed E-state index contributed by atoms with van der Waals surface area (Å²) < 4.78 is 9.99. The lowest BCUT2D eigenvalue weighted by atomic mass is 9.99. The highest BCUT2D eigenvalue weighted by atomic mass is 32.2. The number of oxime groups is 1. The van der Waals surface area contributed by atoms with Gasteiger partial charge in [-0.1, -0.05) is 5.16 Å². The van der Waals surface area contributed by atoms with E-state index >= 15 is 0 Å². The molecular formula is C14H23N3O10S. The molecule has 1 aliphatic rings. The number of amides is 2. The zero-order chi connectivity index (χ0) is 21.6. The normalized spacial score (nSPS) is 27.8. The van der Waals surface area contributed by atoms with Crippen LogP contribution in [0.5, 0.6) is 0 Å². The number of rotatable bonds is 5. The molecule has 1 fully saturated rings. The number of hydrogen-bond donors (Lipinski definition) is 4. The zero-order valence-electron chi connectivity index (χ0n) is 15.6. The first-order valence-electron chi connectivity index (χ1n) is 7.81. The van der Waals surface area contributed by atoms with Crippen molar-refractivity contribution in [1.29, 1.82) is 0 Å². The fourth-order valence-electron chi connectivity index (χ4n) is 1.93. The molecule has 1 rings (SSSR count). The molecule has 0 aromatic carbocycles. The second-order valence-electron chi connectivity index (χ2n) is 5.89. The number of nitrogens with zero attached hydrogens (tertiary/aromatic N) is 3. The van der Waals surface area contributed by atoms with Crippen LogP contribution in [0.3, 0.4) is 0 Å². The van der Waals surface area contributed by atoms with Crippen molar-refractivity contribution in [2.75, 3.05) is 34.1 Å². The third-order valence-electron chi connectivity index (χ3n) is 3.55. The Kier molecular flexibility index (Phi) is 9.06. The van der Waals surface area contributed by atoms with E-state index in [9.17, 15) is 29.7 Å². The molecule has 14 heteroatoms. The Morgan fingerprint density at radius 3 is 2.21 bits per heavy atom. The van der Waals surface area contributed by atoms with E-state index in [1.807, 2.05) is 0 Å². The molecule has 0 radical (unpaired) electrons. The molecule has 28 heavy (non-hydrogen) atoms. The van der Waals surface area contributed by atoms with Crippen LogP contribution in [0.25, 0.3) is 0 Å². The topological polar surface area (TPSA) is 179 Å². The van der Waals surface area contributed by atoms with E-state index in [0.29, 0.717) is 0 Å². The first kappa shape index (κ1) is 24.1. The Labute approximate surface area is 164 Å². The van der Waals surface area contributed by atoms with E-state index in [-0.39, 0.29) is 5.04 Å². The summed E-state index contributed by atoms with van der Waals surface area (Å²) in [6, 6.07) is 0. The molecule has 0 bridgehead atoms. The SMILES string of the molecule is CS/C(=N\OC(=O)N(C)COC1OC(C(=O)O)C(O)C(O)C1O)C(=O)N(C)C. The monoisotopic (exact) mass is 425 g/mol. The van der Waals surface area contributed by atoms with Gasteiger partial charge < -0.3 is 34.8 Å². The highest BCUT2D eigenvalue weighted by Crippen LogP contribution is 2.22. The molecule has 5 atom stereocenters. The van der Waals surface area contributed by atoms with E-state index in [4.69, 9.17) is 14.6 Å². The summed E-state index contributed by atoms with van der Waals surface area (Å²) >= 11 is 0.971. The maximum absolute atomic E-state index is 11.9. The highest BCUT2D eigenvalue weighted by molar-refractivity contribution is 8.15. The number of hydrogen-bond acceptors (Lipinski definition) is 11. The predicted molar refractivity (Wildman–Crippen MR) is 94.2 cm³/mol. The Morgan fingerprint density at radius 1 is 1.11 bits per heavy atom. The average molecular weight is 425 g/mol. The summed E-state index contributed by atoms with van der Waals surface area (Å²) in [4.78, 5) is 41.4. The third-order valence-corrected chi connectivity index (χ3v) is 4.18. The molecule has 4 N–H and O–H groups in total. The number of aliphatic hydroxyl groups excluding tert-OH is 3. The number of thioether (sulfide) groups is 1. The van der Waals surface area contributed by atoms with Crippen LogP contribution in [0.2, 0.25) is 0 Å². The van der Waals surface area contributed by atoms with Gasteiger partial charge in [0.05, 0.1) is 0 Å². The minimum atomic E-state index is -1.86. The van der Waals surface area contributed by atoms with Crippen molar-refractivity contribution in [3.05, 3.63) is 0 Å². The van der Waals surface area contributed by atoms with Gasteiger partial charge in [-0.2, -0.15) is 0 Å². The zero-order valence-corrected chi connectivity index (χ0v) is 16.4. The van der Waals surface area contributed by atoms with E-state index in [0.717, 1.165) is 16.7 Å². The van der Waals surface area contributed by atoms with Gasteiger partial charge in [0.1, 0.15) is 25.0 Å². The van der Waals surface area contributed by atoms with Crippen LogP contribution in [-0.2, 0) is 23.9 Å². The van der Waals surface area contributed by atoms with Crippen LogP contribution in [-0.4, -0.2) is 118 Å². The fourth-order valence-corrected chi connectivity index (χ4v) is 2.40. The van der Waals surface area contributed by atoms with E-state index in [2.05, 4.69) is 9.99 Å². The molecule has 0 aromatic heterocycles. The quantitative estimate of drug-likeness (QED) is 0.122. The summed E-state index contributed by atoms with van der Waals surface area (Å²) in [7, 11) is 4.24. The molecule has 1 saturated heterocycles. The molecule has 160 valence electrons. The molecule has 0 spiro atoms. The largest absolute Gasteiger partial charge is 0.479 e. The second kappa shape index (κ2) is 10.5. The lowest BCUT2D eigenvalue weighted by Gasteiger charge is -2.38. The Balaban J connectivity index is 2.65. The first-order chi connectivity index (χ1) is 13.0. The summed E-state index contributed by atoms with van der Waals surface area (Å²) in [6.07, 6.45) is -8.35. The first-order valence-corrected chi connectivity index (χ1v) is 9.03. The maximum Gasteiger partial charge on any atom is 0.437 e. The van der Waals surface area contributed by atoms with Crippen molar-refractivity contribution >= 4 is 34.8 Å². The molecule has 0 saturated carbocycles. The molecular weight excluding hydrogens is 402 g/mol. The van der Waals surface area contributed by atoms with Gasteiger partial charge in [0.15, 0.2) is 12.4 Å². The van der Waals surface area contributed by atoms with Crippen molar-refractivity contribution in [2.45, 2.75) is 30.7 Å². The van der Waals surface area contributed by atoms with Crippen molar-refractivity contribution in [3.8, 4) is 0 Å². The lowest BCUT2D eigenvalue weighted by molar-refractivity contribution is -0.299. The summed E-state index contributed by atoms with van der Waals surface area (Å²) in [5.74, 6) is -2.03. The molecule has 2 amide bonds. The number of aliphatic hydroxyl groups is 3. The standard InChI is InChI=1S/C14H23N3O10S/c1-16(2)11(21)10(28-4)15-27-14(24)17(3)5-25-13-8(20)6(18)7(19)9(26-13)12(22)23/h6-9,13,18-20H,5H2,1-4H3,(H,22,23)/b15-10-. The van der Waals surface area contributed by atoms with E-state index in [1.54, 1.807) is 6.26 Å². The van der Waals surface area contributed by atoms with Gasteiger partial charge >= 0.3 is 12.1 Å².